The number of nitrogen functional groups attached to an aromatic ring is 1. The minimum absolute atomic E-state index is 0.645. The lowest BCUT2D eigenvalue weighted by molar-refractivity contribution is 0.340. The Morgan fingerprint density at radius 3 is 3.05 bits per heavy atom. The molecule has 3 rings (SSSR count). The Morgan fingerprint density at radius 2 is 2.25 bits per heavy atom. The van der Waals surface area contributed by atoms with Crippen LogP contribution in [0.1, 0.15) is 6.92 Å². The minimum Gasteiger partial charge on any atom is -0.494 e. The van der Waals surface area contributed by atoms with E-state index in [2.05, 4.69) is 15.0 Å². The van der Waals surface area contributed by atoms with Gasteiger partial charge in [-0.25, -0.2) is 9.97 Å². The second kappa shape index (κ2) is 5.42. The van der Waals surface area contributed by atoms with Crippen LogP contribution in [0, 0.1) is 0 Å². The number of aromatic nitrogens is 3. The fourth-order valence-electron chi connectivity index (χ4n) is 1.85. The molecule has 0 aliphatic heterocycles. The number of nitrogens with zero attached hydrogens (tertiary/aromatic N) is 2. The third-order valence-corrected chi connectivity index (χ3v) is 3.66. The smallest absolute Gasteiger partial charge is 0.172 e. The molecule has 0 unspecified atom stereocenters. The number of nitrogens with one attached hydrogen (secondary N) is 1. The third kappa shape index (κ3) is 2.55. The third-order valence-electron chi connectivity index (χ3n) is 2.74. The fourth-order valence-corrected chi connectivity index (χ4v) is 2.64. The predicted molar refractivity (Wildman–Crippen MR) is 80.0 cm³/mol. The standard InChI is InChI=1S/C14H14N4OS/c1-2-19-9-5-6-11-12(8-9)18-14(17-11)20-13-10(15)4-3-7-16-13/h3-8H,2,15H2,1H3,(H,17,18). The first kappa shape index (κ1) is 12.8. The molecule has 0 atom stereocenters. The zero-order chi connectivity index (χ0) is 13.9. The van der Waals surface area contributed by atoms with E-state index in [1.807, 2.05) is 37.3 Å². The number of anilines is 1. The van der Waals surface area contributed by atoms with Crippen LogP contribution in [0.25, 0.3) is 11.0 Å². The summed E-state index contributed by atoms with van der Waals surface area (Å²) < 4.78 is 5.47. The van der Waals surface area contributed by atoms with Crippen molar-refractivity contribution in [1.29, 1.82) is 0 Å². The van der Waals surface area contributed by atoms with Crippen LogP contribution >= 0.6 is 11.8 Å². The number of ether oxygens (including phenoxy) is 1. The largest absolute Gasteiger partial charge is 0.494 e. The van der Waals surface area contributed by atoms with E-state index in [0.29, 0.717) is 12.3 Å². The molecule has 0 aliphatic rings. The molecular weight excluding hydrogens is 272 g/mol. The maximum atomic E-state index is 5.88. The van der Waals surface area contributed by atoms with Gasteiger partial charge in [-0.05, 0) is 43.0 Å². The zero-order valence-corrected chi connectivity index (χ0v) is 11.8. The van der Waals surface area contributed by atoms with Crippen LogP contribution in [0.15, 0.2) is 46.7 Å². The van der Waals surface area contributed by atoms with Gasteiger partial charge in [0.2, 0.25) is 0 Å². The molecule has 6 heteroatoms. The topological polar surface area (TPSA) is 76.8 Å². The number of nitrogens with two attached hydrogens (primary N) is 1. The van der Waals surface area contributed by atoms with E-state index in [1.165, 1.54) is 11.8 Å². The van der Waals surface area contributed by atoms with Gasteiger partial charge in [-0.1, -0.05) is 0 Å². The highest BCUT2D eigenvalue weighted by atomic mass is 32.2. The van der Waals surface area contributed by atoms with Crippen molar-refractivity contribution in [2.24, 2.45) is 0 Å². The van der Waals surface area contributed by atoms with Crippen molar-refractivity contribution in [3.63, 3.8) is 0 Å². The number of imidazole rings is 1. The second-order valence-electron chi connectivity index (χ2n) is 4.15. The Labute approximate surface area is 120 Å². The molecule has 0 saturated heterocycles. The zero-order valence-electron chi connectivity index (χ0n) is 11.0. The van der Waals surface area contributed by atoms with Crippen LogP contribution in [0.4, 0.5) is 5.69 Å². The molecule has 3 aromatic rings. The van der Waals surface area contributed by atoms with Gasteiger partial charge in [-0.2, -0.15) is 0 Å². The average molecular weight is 286 g/mol. The summed E-state index contributed by atoms with van der Waals surface area (Å²) in [6.07, 6.45) is 1.72. The highest BCUT2D eigenvalue weighted by Gasteiger charge is 2.08. The molecular formula is C14H14N4OS. The van der Waals surface area contributed by atoms with E-state index >= 15 is 0 Å². The first-order chi connectivity index (χ1) is 9.76. The Kier molecular flexibility index (Phi) is 3.47. The molecule has 5 nitrogen and oxygen atoms in total. The van der Waals surface area contributed by atoms with Gasteiger partial charge >= 0.3 is 0 Å². The Morgan fingerprint density at radius 1 is 1.35 bits per heavy atom. The normalized spacial score (nSPS) is 10.8. The van der Waals surface area contributed by atoms with Crippen LogP contribution < -0.4 is 10.5 Å². The number of hydrogen-bond donors (Lipinski definition) is 2. The van der Waals surface area contributed by atoms with Gasteiger partial charge in [0.1, 0.15) is 10.8 Å². The van der Waals surface area contributed by atoms with Crippen LogP contribution in [0.3, 0.4) is 0 Å². The van der Waals surface area contributed by atoms with E-state index in [1.54, 1.807) is 6.20 Å². The van der Waals surface area contributed by atoms with Gasteiger partial charge in [0.15, 0.2) is 5.16 Å². The number of pyridine rings is 1. The highest BCUT2D eigenvalue weighted by molar-refractivity contribution is 7.99. The molecule has 0 spiro atoms. The van der Waals surface area contributed by atoms with Crippen LogP contribution in [0.2, 0.25) is 0 Å². The minimum atomic E-state index is 0.645. The summed E-state index contributed by atoms with van der Waals surface area (Å²) in [6.45, 7) is 2.61. The predicted octanol–water partition coefficient (Wildman–Crippen LogP) is 3.09. The summed E-state index contributed by atoms with van der Waals surface area (Å²) in [5.74, 6) is 0.831. The summed E-state index contributed by atoms with van der Waals surface area (Å²) in [4.78, 5) is 12.0. The summed E-state index contributed by atoms with van der Waals surface area (Å²) in [5, 5.41) is 1.51. The summed E-state index contributed by atoms with van der Waals surface area (Å²) in [7, 11) is 0. The van der Waals surface area contributed by atoms with Crippen LogP contribution in [-0.4, -0.2) is 21.6 Å². The molecule has 0 radical (unpaired) electrons. The molecule has 102 valence electrons. The van der Waals surface area contributed by atoms with Gasteiger partial charge in [-0.15, -0.1) is 0 Å². The number of aromatic amines is 1. The molecule has 0 bridgehead atoms. The average Bonchev–Trinajstić information content (AvgIpc) is 2.83. The van der Waals surface area contributed by atoms with Crippen molar-refractivity contribution in [3.05, 3.63) is 36.5 Å². The molecule has 2 aromatic heterocycles. The van der Waals surface area contributed by atoms with Crippen LogP contribution in [-0.2, 0) is 0 Å². The van der Waals surface area contributed by atoms with E-state index < -0.39 is 0 Å². The number of H-pyrrole nitrogens is 1. The van der Waals surface area contributed by atoms with Crippen molar-refractivity contribution in [2.45, 2.75) is 17.1 Å². The number of rotatable bonds is 4. The van der Waals surface area contributed by atoms with Gasteiger partial charge in [0.05, 0.1) is 23.3 Å². The van der Waals surface area contributed by atoms with Crippen molar-refractivity contribution in [3.8, 4) is 5.75 Å². The molecule has 0 saturated carbocycles. The molecule has 0 fully saturated rings. The lowest BCUT2D eigenvalue weighted by Gasteiger charge is -2.01. The first-order valence-electron chi connectivity index (χ1n) is 6.27. The van der Waals surface area contributed by atoms with Crippen molar-refractivity contribution in [2.75, 3.05) is 12.3 Å². The van der Waals surface area contributed by atoms with Gasteiger partial charge in [-0.3, -0.25) is 0 Å². The Hall–Kier alpha value is -2.21. The second-order valence-corrected chi connectivity index (χ2v) is 5.13. The molecule has 0 aliphatic carbocycles. The highest BCUT2D eigenvalue weighted by Crippen LogP contribution is 2.30. The Bertz CT molecular complexity index is 741. The lowest BCUT2D eigenvalue weighted by atomic mass is 10.3. The van der Waals surface area contributed by atoms with Gasteiger partial charge < -0.3 is 15.5 Å². The van der Waals surface area contributed by atoms with E-state index in [-0.39, 0.29) is 0 Å². The lowest BCUT2D eigenvalue weighted by Crippen LogP contribution is -1.90. The number of fused-ring (bicyclic) bond motifs is 1. The molecule has 1 aromatic carbocycles. The molecule has 0 amide bonds. The van der Waals surface area contributed by atoms with E-state index in [9.17, 15) is 0 Å². The van der Waals surface area contributed by atoms with Crippen molar-refractivity contribution >= 4 is 28.5 Å². The number of hydrogen-bond acceptors (Lipinski definition) is 5. The quantitative estimate of drug-likeness (QED) is 0.770. The fraction of sp³-hybridized carbons (Fsp3) is 0.143. The maximum absolute atomic E-state index is 5.88. The van der Waals surface area contributed by atoms with Crippen molar-refractivity contribution in [1.82, 2.24) is 15.0 Å². The maximum Gasteiger partial charge on any atom is 0.172 e. The van der Waals surface area contributed by atoms with E-state index in [4.69, 9.17) is 10.5 Å². The van der Waals surface area contributed by atoms with E-state index in [0.717, 1.165) is 27.0 Å². The first-order valence-corrected chi connectivity index (χ1v) is 7.09. The van der Waals surface area contributed by atoms with Crippen LogP contribution in [0.5, 0.6) is 5.75 Å². The molecule has 3 N–H and O–H groups in total. The molecule has 20 heavy (non-hydrogen) atoms. The Balaban J connectivity index is 1.91. The van der Waals surface area contributed by atoms with Crippen molar-refractivity contribution < 1.29 is 4.74 Å². The summed E-state index contributed by atoms with van der Waals surface area (Å²) >= 11 is 1.42. The molecule has 2 heterocycles. The monoisotopic (exact) mass is 286 g/mol. The van der Waals surface area contributed by atoms with Gasteiger partial charge in [0.25, 0.3) is 0 Å². The summed E-state index contributed by atoms with van der Waals surface area (Å²) in [5.41, 5.74) is 8.36. The number of benzene rings is 1. The summed E-state index contributed by atoms with van der Waals surface area (Å²) in [6, 6.07) is 9.42. The SMILES string of the molecule is CCOc1ccc2nc(Sc3ncccc3N)[nH]c2c1. The van der Waals surface area contributed by atoms with Gasteiger partial charge in [0, 0.05) is 12.3 Å².